The van der Waals surface area contributed by atoms with E-state index in [1.807, 2.05) is 25.8 Å². The highest BCUT2D eigenvalue weighted by Gasteiger charge is 2.57. The number of aliphatic hydroxyl groups is 1. The standard InChI is InChI=1S/C35H45N5O8/c1-16-10-20-11-22-24(13-36)40-23(28(39(22)8)26(20)32(17(16)2)47-15-46-9)12-21-27(31(43)30(42)18(3)29(21)41)25(40)14-37-33(44)19(4)38-34(45)48-35(5,6)7/h10,19,22-25,28,41H,11-12,14-15H2,1-9H3,(H,37,44)(H,38,45)/t19-,22-,23?,24-,25-,28?/m0/s1. The third kappa shape index (κ3) is 5.97. The number of carbonyl (C=O) groups excluding carboxylic acids is 4. The summed E-state index contributed by atoms with van der Waals surface area (Å²) >= 11 is 0. The number of amides is 2. The zero-order valence-electron chi connectivity index (χ0n) is 29.0. The number of benzene rings is 1. The third-order valence-corrected chi connectivity index (χ3v) is 9.95. The minimum atomic E-state index is -0.996. The molecule has 1 aliphatic carbocycles. The van der Waals surface area contributed by atoms with Gasteiger partial charge in [-0.15, -0.1) is 0 Å². The maximum Gasteiger partial charge on any atom is 0.408 e. The third-order valence-electron chi connectivity index (χ3n) is 9.95. The number of Topliss-reactive ketones (excluding diaryl/α,β-unsaturated/α-hetero) is 2. The van der Waals surface area contributed by atoms with Gasteiger partial charge in [0.15, 0.2) is 6.79 Å². The van der Waals surface area contributed by atoms with E-state index in [0.717, 1.165) is 22.3 Å². The van der Waals surface area contributed by atoms with Crippen LogP contribution in [0.2, 0.25) is 0 Å². The molecular weight excluding hydrogens is 618 g/mol. The number of aryl methyl sites for hydroxylation is 1. The van der Waals surface area contributed by atoms with Gasteiger partial charge in [-0.1, -0.05) is 6.07 Å². The van der Waals surface area contributed by atoms with Crippen molar-refractivity contribution in [1.82, 2.24) is 20.4 Å². The summed E-state index contributed by atoms with van der Waals surface area (Å²) in [7, 11) is 3.52. The smallest absolute Gasteiger partial charge is 0.408 e. The number of nitriles is 1. The summed E-state index contributed by atoms with van der Waals surface area (Å²) in [6, 6.07) is 0.856. The summed E-state index contributed by atoms with van der Waals surface area (Å²) in [5.41, 5.74) is 3.60. The summed E-state index contributed by atoms with van der Waals surface area (Å²) in [5, 5.41) is 27.4. The first-order valence-corrected chi connectivity index (χ1v) is 16.2. The largest absolute Gasteiger partial charge is 0.507 e. The van der Waals surface area contributed by atoms with Crippen LogP contribution in [-0.2, 0) is 30.3 Å². The molecular formula is C35H45N5O8. The fourth-order valence-electron chi connectivity index (χ4n) is 7.63. The maximum absolute atomic E-state index is 13.7. The lowest BCUT2D eigenvalue weighted by atomic mass is 9.69. The van der Waals surface area contributed by atoms with Crippen LogP contribution in [0.5, 0.6) is 5.75 Å². The van der Waals surface area contributed by atoms with E-state index in [1.165, 1.54) is 13.8 Å². The number of hydrogen-bond donors (Lipinski definition) is 3. The Labute approximate surface area is 280 Å². The Balaban J connectivity index is 1.60. The molecule has 3 N–H and O–H groups in total. The van der Waals surface area contributed by atoms with Gasteiger partial charge in [-0.2, -0.15) is 5.26 Å². The molecule has 1 saturated heterocycles. The van der Waals surface area contributed by atoms with Gasteiger partial charge in [0, 0.05) is 48.0 Å². The number of nitrogens with zero attached hydrogens (tertiary/aromatic N) is 3. The van der Waals surface area contributed by atoms with E-state index in [9.17, 15) is 29.5 Å². The normalized spacial score (nSPS) is 26.2. The number of nitrogens with one attached hydrogen (secondary N) is 2. The van der Waals surface area contributed by atoms with Gasteiger partial charge in [0.2, 0.25) is 17.5 Å². The predicted octanol–water partition coefficient (Wildman–Crippen LogP) is 2.84. The molecule has 6 atom stereocenters. The number of likely N-dealkylation sites (N-methyl/N-ethyl adjacent to an activating group) is 1. The summed E-state index contributed by atoms with van der Waals surface area (Å²) < 4.78 is 16.8. The van der Waals surface area contributed by atoms with Crippen molar-refractivity contribution < 1.29 is 38.5 Å². The molecule has 2 amide bonds. The molecule has 5 rings (SSSR count). The Bertz CT molecular complexity index is 1670. The molecule has 1 aromatic carbocycles. The lowest BCUT2D eigenvalue weighted by Gasteiger charge is -2.60. The van der Waals surface area contributed by atoms with Gasteiger partial charge >= 0.3 is 6.09 Å². The fraction of sp³-hybridized carbons (Fsp3) is 0.571. The molecule has 3 aliphatic heterocycles. The molecule has 4 aliphatic rings. The zero-order chi connectivity index (χ0) is 35.4. The van der Waals surface area contributed by atoms with Crippen LogP contribution in [0.4, 0.5) is 4.79 Å². The van der Waals surface area contributed by atoms with Crippen molar-refractivity contribution in [3.05, 3.63) is 50.8 Å². The van der Waals surface area contributed by atoms with Gasteiger partial charge in [-0.3, -0.25) is 24.2 Å². The van der Waals surface area contributed by atoms with Crippen LogP contribution in [0.25, 0.3) is 0 Å². The summed E-state index contributed by atoms with van der Waals surface area (Å²) in [4.78, 5) is 56.6. The second kappa shape index (κ2) is 13.0. The van der Waals surface area contributed by atoms with Gasteiger partial charge in [-0.05, 0) is 85.0 Å². The van der Waals surface area contributed by atoms with Crippen LogP contribution in [-0.4, -0.2) is 102 Å². The van der Waals surface area contributed by atoms with Crippen LogP contribution in [0, 0.1) is 25.2 Å². The molecule has 0 spiro atoms. The van der Waals surface area contributed by atoms with Crippen LogP contribution in [0.15, 0.2) is 28.5 Å². The average Bonchev–Trinajstić information content (AvgIpc) is 3.01. The molecule has 1 aromatic rings. The van der Waals surface area contributed by atoms with E-state index >= 15 is 0 Å². The molecule has 48 heavy (non-hydrogen) atoms. The van der Waals surface area contributed by atoms with Gasteiger partial charge in [0.25, 0.3) is 0 Å². The number of ketones is 2. The zero-order valence-corrected chi connectivity index (χ0v) is 29.0. The Hall–Kier alpha value is -4.25. The number of alkyl carbamates (subject to hydrolysis) is 1. The molecule has 2 unspecified atom stereocenters. The SMILES string of the molecule is COCOc1c(C)c(C)cc2c1C1C3CC4=C(C(=O)C(=O)C(C)=C4O)[C@H](CNC(=O)[C@H](C)NC(=O)OC(C)(C)C)N3[C@@H](C#N)[C@H](C2)N1C. The highest BCUT2D eigenvalue weighted by atomic mass is 16.7. The van der Waals surface area contributed by atoms with Crippen LogP contribution >= 0.6 is 0 Å². The molecule has 0 aromatic heterocycles. The van der Waals surface area contributed by atoms with E-state index in [1.54, 1.807) is 27.9 Å². The molecule has 3 heterocycles. The molecule has 13 heteroatoms. The van der Waals surface area contributed by atoms with Crippen molar-refractivity contribution >= 4 is 23.6 Å². The van der Waals surface area contributed by atoms with Crippen molar-refractivity contribution in [3.8, 4) is 11.8 Å². The number of piperazine rings is 1. The van der Waals surface area contributed by atoms with Crippen molar-refractivity contribution in [2.24, 2.45) is 0 Å². The molecule has 1 fully saturated rings. The first-order valence-electron chi connectivity index (χ1n) is 16.2. The van der Waals surface area contributed by atoms with Crippen molar-refractivity contribution in [3.63, 3.8) is 0 Å². The van der Waals surface area contributed by atoms with Gasteiger partial charge in [-0.25, -0.2) is 4.79 Å². The Morgan fingerprint density at radius 2 is 1.83 bits per heavy atom. The summed E-state index contributed by atoms with van der Waals surface area (Å²) in [6.45, 7) is 11.9. The van der Waals surface area contributed by atoms with E-state index in [-0.39, 0.29) is 48.7 Å². The Morgan fingerprint density at radius 3 is 2.46 bits per heavy atom. The lowest BCUT2D eigenvalue weighted by molar-refractivity contribution is -0.134. The fourth-order valence-corrected chi connectivity index (χ4v) is 7.63. The predicted molar refractivity (Wildman–Crippen MR) is 174 cm³/mol. The van der Waals surface area contributed by atoms with E-state index < -0.39 is 53.3 Å². The minimum absolute atomic E-state index is 0.0323. The van der Waals surface area contributed by atoms with Crippen LogP contribution < -0.4 is 15.4 Å². The second-order valence-corrected chi connectivity index (χ2v) is 14.1. The molecule has 258 valence electrons. The monoisotopic (exact) mass is 663 g/mol. The van der Waals surface area contributed by atoms with E-state index in [2.05, 4.69) is 27.7 Å². The number of allylic oxidation sites excluding steroid dienone is 2. The number of hydrogen-bond acceptors (Lipinski definition) is 11. The maximum atomic E-state index is 13.7. The minimum Gasteiger partial charge on any atom is -0.507 e. The quantitative estimate of drug-likeness (QED) is 0.223. The Morgan fingerprint density at radius 1 is 1.15 bits per heavy atom. The Kier molecular flexibility index (Phi) is 9.49. The number of methoxy groups -OCH3 is 1. The summed E-state index contributed by atoms with van der Waals surface area (Å²) in [6.07, 6.45) is -0.0690. The average molecular weight is 664 g/mol. The number of rotatable bonds is 7. The highest BCUT2D eigenvalue weighted by Crippen LogP contribution is 2.53. The first kappa shape index (κ1) is 35.1. The number of carbonyl (C=O) groups is 4. The van der Waals surface area contributed by atoms with Crippen LogP contribution in [0.1, 0.15) is 69.3 Å². The molecule has 13 nitrogen and oxygen atoms in total. The topological polar surface area (TPSA) is 171 Å². The van der Waals surface area contributed by atoms with Crippen molar-refractivity contribution in [2.45, 2.75) is 103 Å². The van der Waals surface area contributed by atoms with Crippen molar-refractivity contribution in [2.75, 3.05) is 27.5 Å². The van der Waals surface area contributed by atoms with Gasteiger partial charge in [0.05, 0.1) is 18.2 Å². The molecule has 0 radical (unpaired) electrons. The summed E-state index contributed by atoms with van der Waals surface area (Å²) in [5.74, 6) is -1.71. The number of ether oxygens (including phenoxy) is 3. The highest BCUT2D eigenvalue weighted by molar-refractivity contribution is 6.50. The van der Waals surface area contributed by atoms with Crippen LogP contribution in [0.3, 0.4) is 0 Å². The van der Waals surface area contributed by atoms with Crippen molar-refractivity contribution in [1.29, 1.82) is 5.26 Å². The van der Waals surface area contributed by atoms with E-state index in [4.69, 9.17) is 14.2 Å². The lowest BCUT2D eigenvalue weighted by Crippen LogP contribution is -2.71. The molecule has 0 saturated carbocycles. The number of fused-ring (bicyclic) bond motifs is 6. The van der Waals surface area contributed by atoms with Gasteiger partial charge in [0.1, 0.15) is 29.2 Å². The first-order chi connectivity index (χ1) is 22.5. The van der Waals surface area contributed by atoms with E-state index in [0.29, 0.717) is 17.7 Å². The number of aliphatic hydroxyl groups excluding tert-OH is 1. The molecule has 2 bridgehead atoms. The second-order valence-electron chi connectivity index (χ2n) is 14.1. The van der Waals surface area contributed by atoms with Gasteiger partial charge < -0.3 is 30.0 Å².